The van der Waals surface area contributed by atoms with Crippen molar-refractivity contribution in [1.82, 2.24) is 16.0 Å². The maximum atomic E-state index is 14.8. The van der Waals surface area contributed by atoms with Gasteiger partial charge in [0.2, 0.25) is 0 Å². The highest BCUT2D eigenvalue weighted by Gasteiger charge is 2.30. The molecule has 5 rings (SSSR count). The Morgan fingerprint density at radius 1 is 0.804 bits per heavy atom. The van der Waals surface area contributed by atoms with E-state index in [1.807, 2.05) is 25.1 Å². The molecule has 0 bridgehead atoms. The number of hydrogen-bond acceptors (Lipinski definition) is 7. The number of benzene rings is 3. The van der Waals surface area contributed by atoms with Crippen molar-refractivity contribution in [3.8, 4) is 5.75 Å². The van der Waals surface area contributed by atoms with E-state index in [2.05, 4.69) is 22.0 Å². The van der Waals surface area contributed by atoms with Gasteiger partial charge in [-0.1, -0.05) is 37.3 Å². The molecule has 2 aliphatic rings. The fourth-order valence-corrected chi connectivity index (χ4v) is 5.34. The van der Waals surface area contributed by atoms with Crippen LogP contribution in [-0.2, 0) is 15.9 Å². The molecule has 3 aromatic carbocycles. The number of fused-ring (bicyclic) bond motifs is 1. The maximum absolute atomic E-state index is 14.8. The first kappa shape index (κ1) is 32.9. The monoisotopic (exact) mass is 633 g/mol. The smallest absolute Gasteiger partial charge is 0.251 e. The van der Waals surface area contributed by atoms with Crippen molar-refractivity contribution in [3.05, 3.63) is 106 Å². The molecule has 1 aliphatic heterocycles. The van der Waals surface area contributed by atoms with Crippen molar-refractivity contribution >= 4 is 23.7 Å². The van der Waals surface area contributed by atoms with Gasteiger partial charge < -0.3 is 30.2 Å². The second kappa shape index (κ2) is 15.7. The van der Waals surface area contributed by atoms with E-state index in [9.17, 15) is 23.2 Å². The zero-order chi connectivity index (χ0) is 32.5. The summed E-state index contributed by atoms with van der Waals surface area (Å²) in [4.78, 5) is 39.3. The Balaban J connectivity index is 1.17. The summed E-state index contributed by atoms with van der Waals surface area (Å²) in [5, 5.41) is 9.14. The number of rotatable bonds is 15. The van der Waals surface area contributed by atoms with Crippen molar-refractivity contribution in [2.45, 2.75) is 31.8 Å². The van der Waals surface area contributed by atoms with Gasteiger partial charge in [0, 0.05) is 36.4 Å². The normalized spacial score (nSPS) is 16.7. The average Bonchev–Trinajstić information content (AvgIpc) is 3.72. The number of halogens is 2. The van der Waals surface area contributed by atoms with Crippen molar-refractivity contribution in [2.75, 3.05) is 46.1 Å². The molecule has 3 N–H and O–H groups in total. The Bertz CT molecular complexity index is 1590. The number of ketones is 1. The van der Waals surface area contributed by atoms with Gasteiger partial charge in [-0.2, -0.15) is 0 Å². The van der Waals surface area contributed by atoms with Crippen LogP contribution in [0.15, 0.2) is 60.7 Å². The molecule has 2 amide bonds. The van der Waals surface area contributed by atoms with Crippen LogP contribution in [0.2, 0.25) is 0 Å². The highest BCUT2D eigenvalue weighted by atomic mass is 19.2. The number of hydrogen-bond donors (Lipinski definition) is 3. The minimum absolute atomic E-state index is 0.0144. The first-order valence-corrected chi connectivity index (χ1v) is 15.4. The summed E-state index contributed by atoms with van der Waals surface area (Å²) < 4.78 is 45.3. The standard InChI is InChI=1S/C35H37F2N3O6/c1-2-14-44-15-16-45-17-18-46-30-13-12-27(36)32(37)31(30)33(41)23-7-9-24(10-8-23)34(42)39-28-20-38-21-29(28)40-35(43)26-11-6-22-4-3-5-25(22)19-26/h3-4,6-13,19,28-29,38H,2,5,14-18,20-21H2,1H3,(H,39,42)(H,40,43)/t28-,29-/m1/s1. The minimum atomic E-state index is -1.32. The van der Waals surface area contributed by atoms with Crippen LogP contribution in [0.1, 0.15) is 61.1 Å². The Labute approximate surface area is 266 Å². The Kier molecular flexibility index (Phi) is 11.2. The summed E-state index contributed by atoms with van der Waals surface area (Å²) in [5.41, 5.74) is 2.53. The van der Waals surface area contributed by atoms with Crippen LogP contribution in [0.25, 0.3) is 6.08 Å². The Morgan fingerprint density at radius 2 is 1.43 bits per heavy atom. The van der Waals surface area contributed by atoms with Gasteiger partial charge in [0.15, 0.2) is 17.4 Å². The van der Waals surface area contributed by atoms with Crippen LogP contribution >= 0.6 is 0 Å². The second-order valence-corrected chi connectivity index (χ2v) is 11.1. The quantitative estimate of drug-likeness (QED) is 0.171. The summed E-state index contributed by atoms with van der Waals surface area (Å²) in [6.07, 6.45) is 5.78. The zero-order valence-corrected chi connectivity index (χ0v) is 25.6. The van der Waals surface area contributed by atoms with Crippen molar-refractivity contribution < 1.29 is 37.4 Å². The van der Waals surface area contributed by atoms with Gasteiger partial charge in [-0.3, -0.25) is 14.4 Å². The predicted octanol–water partition coefficient (Wildman–Crippen LogP) is 4.09. The molecular formula is C35H37F2N3O6. The zero-order valence-electron chi connectivity index (χ0n) is 25.6. The lowest BCUT2D eigenvalue weighted by atomic mass is 10.00. The van der Waals surface area contributed by atoms with E-state index in [1.54, 1.807) is 6.07 Å². The van der Waals surface area contributed by atoms with Crippen molar-refractivity contribution in [3.63, 3.8) is 0 Å². The first-order chi connectivity index (χ1) is 22.4. The largest absolute Gasteiger partial charge is 0.490 e. The number of ether oxygens (including phenoxy) is 3. The molecule has 0 radical (unpaired) electrons. The molecule has 0 unspecified atom stereocenters. The summed E-state index contributed by atoms with van der Waals surface area (Å²) >= 11 is 0. The van der Waals surface area contributed by atoms with E-state index in [0.29, 0.717) is 38.5 Å². The predicted molar refractivity (Wildman–Crippen MR) is 168 cm³/mol. The third-order valence-electron chi connectivity index (χ3n) is 7.79. The Hall–Kier alpha value is -4.45. The first-order valence-electron chi connectivity index (χ1n) is 15.4. The molecule has 3 aromatic rings. The number of carbonyl (C=O) groups excluding carboxylic acids is 3. The second-order valence-electron chi connectivity index (χ2n) is 11.1. The maximum Gasteiger partial charge on any atom is 0.251 e. The van der Waals surface area contributed by atoms with Crippen LogP contribution in [0.3, 0.4) is 0 Å². The molecule has 46 heavy (non-hydrogen) atoms. The number of amides is 2. The SMILES string of the molecule is CCCOCCOCCOc1ccc(F)c(F)c1C(=O)c1ccc(C(=O)N[C@@H]2CNC[C@H]2NC(=O)c2ccc3c(c2)CC=C3)cc1. The highest BCUT2D eigenvalue weighted by Crippen LogP contribution is 2.27. The average molecular weight is 634 g/mol. The van der Waals surface area contributed by atoms with E-state index in [0.717, 1.165) is 30.0 Å². The van der Waals surface area contributed by atoms with Gasteiger partial charge >= 0.3 is 0 Å². The van der Waals surface area contributed by atoms with Gasteiger partial charge in [-0.25, -0.2) is 8.78 Å². The molecule has 0 saturated carbocycles. The van der Waals surface area contributed by atoms with E-state index >= 15 is 0 Å². The molecule has 0 spiro atoms. The number of nitrogens with one attached hydrogen (secondary N) is 3. The summed E-state index contributed by atoms with van der Waals surface area (Å²) in [7, 11) is 0. The van der Waals surface area contributed by atoms with Crippen LogP contribution in [0.5, 0.6) is 5.75 Å². The fraction of sp³-hybridized carbons (Fsp3) is 0.343. The molecule has 1 fully saturated rings. The van der Waals surface area contributed by atoms with Crippen LogP contribution in [0, 0.1) is 11.6 Å². The lowest BCUT2D eigenvalue weighted by molar-refractivity contribution is 0.0364. The van der Waals surface area contributed by atoms with Crippen LogP contribution in [0.4, 0.5) is 8.78 Å². The van der Waals surface area contributed by atoms with Gasteiger partial charge in [0.1, 0.15) is 17.9 Å². The third kappa shape index (κ3) is 8.03. The molecule has 242 valence electrons. The van der Waals surface area contributed by atoms with Crippen LogP contribution < -0.4 is 20.7 Å². The van der Waals surface area contributed by atoms with E-state index < -0.39 is 28.9 Å². The van der Waals surface area contributed by atoms with Gasteiger partial charge in [0.25, 0.3) is 11.8 Å². The molecule has 0 aromatic heterocycles. The van der Waals surface area contributed by atoms with Crippen LogP contribution in [-0.4, -0.2) is 75.8 Å². The lowest BCUT2D eigenvalue weighted by Crippen LogP contribution is -2.51. The molecule has 1 aliphatic carbocycles. The highest BCUT2D eigenvalue weighted by molar-refractivity contribution is 6.11. The van der Waals surface area contributed by atoms with Gasteiger partial charge in [0.05, 0.1) is 31.9 Å². The number of allylic oxidation sites excluding steroid dienone is 1. The summed E-state index contributed by atoms with van der Waals surface area (Å²) in [6, 6.07) is 12.6. The summed E-state index contributed by atoms with van der Waals surface area (Å²) in [6.45, 7) is 4.55. The van der Waals surface area contributed by atoms with Crippen molar-refractivity contribution in [1.29, 1.82) is 0 Å². The molecular weight excluding hydrogens is 596 g/mol. The summed E-state index contributed by atoms with van der Waals surface area (Å²) in [5.74, 6) is -4.04. The van der Waals surface area contributed by atoms with E-state index in [1.165, 1.54) is 30.3 Å². The lowest BCUT2D eigenvalue weighted by Gasteiger charge is -2.21. The molecule has 2 atom stereocenters. The molecule has 1 heterocycles. The third-order valence-corrected chi connectivity index (χ3v) is 7.79. The van der Waals surface area contributed by atoms with E-state index in [4.69, 9.17) is 14.2 Å². The Morgan fingerprint density at radius 3 is 2.15 bits per heavy atom. The van der Waals surface area contributed by atoms with Gasteiger partial charge in [-0.15, -0.1) is 0 Å². The van der Waals surface area contributed by atoms with Gasteiger partial charge in [-0.05, 0) is 60.4 Å². The molecule has 9 nitrogen and oxygen atoms in total. The topological polar surface area (TPSA) is 115 Å². The fourth-order valence-electron chi connectivity index (χ4n) is 5.34. The minimum Gasteiger partial charge on any atom is -0.490 e. The van der Waals surface area contributed by atoms with E-state index in [-0.39, 0.29) is 48.1 Å². The molecule has 1 saturated heterocycles. The van der Waals surface area contributed by atoms with Crippen molar-refractivity contribution in [2.24, 2.45) is 0 Å². The number of carbonyl (C=O) groups is 3. The molecule has 11 heteroatoms.